The first-order chi connectivity index (χ1) is 9.69. The number of nitrogens with one attached hydrogen (secondary N) is 1. The van der Waals surface area contributed by atoms with Crippen LogP contribution in [0.5, 0.6) is 0 Å². The number of carbonyl (C=O) groups excluding carboxylic acids is 1. The Bertz CT molecular complexity index is 401. The number of aromatic nitrogens is 2. The second kappa shape index (κ2) is 7.28. The number of urea groups is 1. The van der Waals surface area contributed by atoms with Crippen molar-refractivity contribution in [3.63, 3.8) is 0 Å². The van der Waals surface area contributed by atoms with Gasteiger partial charge in [0.25, 0.3) is 0 Å². The average molecular weight is 280 g/mol. The van der Waals surface area contributed by atoms with Crippen molar-refractivity contribution in [2.45, 2.75) is 32.9 Å². The first kappa shape index (κ1) is 14.8. The van der Waals surface area contributed by atoms with Crippen molar-refractivity contribution in [1.29, 1.82) is 0 Å². The van der Waals surface area contributed by atoms with Gasteiger partial charge in [-0.2, -0.15) is 0 Å². The maximum absolute atomic E-state index is 12.3. The van der Waals surface area contributed by atoms with Crippen LogP contribution in [-0.2, 0) is 11.3 Å². The van der Waals surface area contributed by atoms with E-state index in [9.17, 15) is 4.79 Å². The van der Waals surface area contributed by atoms with Gasteiger partial charge in [-0.05, 0) is 20.3 Å². The Kier molecular flexibility index (Phi) is 5.40. The van der Waals surface area contributed by atoms with Crippen LogP contribution in [0.1, 0.15) is 20.3 Å². The minimum absolute atomic E-state index is 0.00650. The van der Waals surface area contributed by atoms with Gasteiger partial charge in [0.2, 0.25) is 0 Å². The first-order valence-electron chi connectivity index (χ1n) is 7.28. The van der Waals surface area contributed by atoms with E-state index in [-0.39, 0.29) is 12.1 Å². The van der Waals surface area contributed by atoms with Crippen molar-refractivity contribution in [1.82, 2.24) is 19.8 Å². The summed E-state index contributed by atoms with van der Waals surface area (Å²) >= 11 is 0. The number of nitrogens with zero attached hydrogens (tertiary/aromatic N) is 3. The minimum Gasteiger partial charge on any atom is -0.381 e. The number of ether oxygens (including phenoxy) is 1. The van der Waals surface area contributed by atoms with Gasteiger partial charge in [0.15, 0.2) is 0 Å². The van der Waals surface area contributed by atoms with Gasteiger partial charge in [-0.15, -0.1) is 0 Å². The highest BCUT2D eigenvalue weighted by molar-refractivity contribution is 5.74. The molecule has 6 nitrogen and oxygen atoms in total. The predicted octanol–water partition coefficient (Wildman–Crippen LogP) is 1.34. The summed E-state index contributed by atoms with van der Waals surface area (Å²) in [5, 5.41) is 3.04. The van der Waals surface area contributed by atoms with Crippen LogP contribution in [0.3, 0.4) is 0 Å². The Balaban J connectivity index is 1.78. The molecule has 1 fully saturated rings. The van der Waals surface area contributed by atoms with Gasteiger partial charge in [-0.1, -0.05) is 0 Å². The molecule has 2 heterocycles. The quantitative estimate of drug-likeness (QED) is 0.855. The molecular weight excluding hydrogens is 256 g/mol. The van der Waals surface area contributed by atoms with Crippen molar-refractivity contribution in [2.75, 3.05) is 26.3 Å². The maximum atomic E-state index is 12.3. The summed E-state index contributed by atoms with van der Waals surface area (Å²) in [7, 11) is 0. The van der Waals surface area contributed by atoms with E-state index in [0.717, 1.165) is 39.3 Å². The third kappa shape index (κ3) is 4.23. The van der Waals surface area contributed by atoms with Crippen molar-refractivity contribution in [2.24, 2.45) is 5.92 Å². The molecule has 0 unspecified atom stereocenters. The SMILES string of the molecule is CCN(C[C@@H]1CCOC1)C(=O)N[C@H](C)Cn1ccnc1. The molecule has 1 aromatic rings. The lowest BCUT2D eigenvalue weighted by Gasteiger charge is -2.26. The number of hydrogen-bond donors (Lipinski definition) is 1. The molecule has 6 heteroatoms. The van der Waals surface area contributed by atoms with Gasteiger partial charge in [-0.3, -0.25) is 0 Å². The number of imidazole rings is 1. The zero-order valence-electron chi connectivity index (χ0n) is 12.3. The summed E-state index contributed by atoms with van der Waals surface area (Å²) in [6.45, 7) is 7.84. The van der Waals surface area contributed by atoms with Crippen molar-refractivity contribution < 1.29 is 9.53 Å². The average Bonchev–Trinajstić information content (AvgIpc) is 3.08. The molecule has 0 radical (unpaired) electrons. The van der Waals surface area contributed by atoms with E-state index in [1.165, 1.54) is 0 Å². The largest absolute Gasteiger partial charge is 0.381 e. The van der Waals surface area contributed by atoms with Gasteiger partial charge >= 0.3 is 6.03 Å². The Morgan fingerprint density at radius 1 is 1.65 bits per heavy atom. The lowest BCUT2D eigenvalue weighted by atomic mass is 10.1. The van der Waals surface area contributed by atoms with Gasteiger partial charge < -0.3 is 19.5 Å². The molecule has 1 saturated heterocycles. The second-order valence-corrected chi connectivity index (χ2v) is 5.38. The highest BCUT2D eigenvalue weighted by Crippen LogP contribution is 2.14. The summed E-state index contributed by atoms with van der Waals surface area (Å²) in [5.74, 6) is 0.477. The van der Waals surface area contributed by atoms with Gasteiger partial charge in [0, 0.05) is 50.6 Å². The van der Waals surface area contributed by atoms with Gasteiger partial charge in [0.05, 0.1) is 12.9 Å². The van der Waals surface area contributed by atoms with E-state index in [1.807, 2.05) is 29.5 Å². The maximum Gasteiger partial charge on any atom is 0.317 e. The van der Waals surface area contributed by atoms with Crippen molar-refractivity contribution >= 4 is 6.03 Å². The molecule has 0 bridgehead atoms. The van der Waals surface area contributed by atoms with E-state index in [4.69, 9.17) is 4.74 Å². The molecule has 1 aliphatic heterocycles. The third-order valence-electron chi connectivity index (χ3n) is 3.59. The van der Waals surface area contributed by atoms with Crippen LogP contribution in [0, 0.1) is 5.92 Å². The summed E-state index contributed by atoms with van der Waals surface area (Å²) < 4.78 is 7.33. The van der Waals surface area contributed by atoms with E-state index in [0.29, 0.717) is 5.92 Å². The van der Waals surface area contributed by atoms with E-state index < -0.39 is 0 Å². The molecule has 1 aromatic heterocycles. The normalized spacial score (nSPS) is 19.8. The first-order valence-corrected chi connectivity index (χ1v) is 7.28. The lowest BCUT2D eigenvalue weighted by Crippen LogP contribution is -2.46. The zero-order valence-corrected chi connectivity index (χ0v) is 12.3. The number of hydrogen-bond acceptors (Lipinski definition) is 3. The Labute approximate surface area is 120 Å². The van der Waals surface area contributed by atoms with E-state index in [1.54, 1.807) is 12.5 Å². The summed E-state index contributed by atoms with van der Waals surface area (Å²) in [6, 6.07) is 0.0811. The van der Waals surface area contributed by atoms with Gasteiger partial charge in [0.1, 0.15) is 0 Å². The number of carbonyl (C=O) groups is 1. The van der Waals surface area contributed by atoms with Crippen molar-refractivity contribution in [3.05, 3.63) is 18.7 Å². The predicted molar refractivity (Wildman–Crippen MR) is 76.4 cm³/mol. The third-order valence-corrected chi connectivity index (χ3v) is 3.59. The fraction of sp³-hybridized carbons (Fsp3) is 0.714. The van der Waals surface area contributed by atoms with E-state index in [2.05, 4.69) is 10.3 Å². The van der Waals surface area contributed by atoms with Crippen LogP contribution in [0.4, 0.5) is 4.79 Å². The van der Waals surface area contributed by atoms with Crippen LogP contribution < -0.4 is 5.32 Å². The van der Waals surface area contributed by atoms with Crippen LogP contribution in [0.15, 0.2) is 18.7 Å². The molecule has 0 aromatic carbocycles. The minimum atomic E-state index is 0.00650. The highest BCUT2D eigenvalue weighted by atomic mass is 16.5. The summed E-state index contributed by atoms with van der Waals surface area (Å²) in [6.07, 6.45) is 6.45. The van der Waals surface area contributed by atoms with Gasteiger partial charge in [-0.25, -0.2) is 9.78 Å². The van der Waals surface area contributed by atoms with E-state index >= 15 is 0 Å². The topological polar surface area (TPSA) is 59.4 Å². The number of amides is 2. The molecule has 2 rings (SSSR count). The Morgan fingerprint density at radius 2 is 2.50 bits per heavy atom. The van der Waals surface area contributed by atoms with Crippen molar-refractivity contribution in [3.8, 4) is 0 Å². The van der Waals surface area contributed by atoms with Crippen LogP contribution in [-0.4, -0.2) is 52.8 Å². The van der Waals surface area contributed by atoms with Crippen LogP contribution in [0.25, 0.3) is 0 Å². The molecule has 2 atom stereocenters. The highest BCUT2D eigenvalue weighted by Gasteiger charge is 2.22. The standard InChI is InChI=1S/C14H24N4O2/c1-3-18(9-13-4-7-20-10-13)14(19)16-12(2)8-17-6-5-15-11-17/h5-6,11-13H,3-4,7-10H2,1-2H3,(H,16,19)/t12-,13+/m1/s1. The Hall–Kier alpha value is -1.56. The van der Waals surface area contributed by atoms with Crippen LogP contribution >= 0.6 is 0 Å². The monoisotopic (exact) mass is 280 g/mol. The molecule has 2 amide bonds. The van der Waals surface area contributed by atoms with Crippen LogP contribution in [0.2, 0.25) is 0 Å². The Morgan fingerprint density at radius 3 is 3.10 bits per heavy atom. The summed E-state index contributed by atoms with van der Waals surface area (Å²) in [4.78, 5) is 18.1. The molecule has 20 heavy (non-hydrogen) atoms. The second-order valence-electron chi connectivity index (χ2n) is 5.38. The smallest absolute Gasteiger partial charge is 0.317 e. The zero-order chi connectivity index (χ0) is 14.4. The summed E-state index contributed by atoms with van der Waals surface area (Å²) in [5.41, 5.74) is 0. The molecular formula is C14H24N4O2. The fourth-order valence-electron chi connectivity index (χ4n) is 2.45. The molecule has 112 valence electrons. The number of rotatable bonds is 6. The lowest BCUT2D eigenvalue weighted by molar-refractivity contribution is 0.164. The molecule has 1 N–H and O–H groups in total. The molecule has 0 spiro atoms. The molecule has 0 aliphatic carbocycles. The fourth-order valence-corrected chi connectivity index (χ4v) is 2.45. The molecule has 0 saturated carbocycles. The molecule has 1 aliphatic rings.